The normalized spacial score (nSPS) is 22.7. The van der Waals surface area contributed by atoms with E-state index in [0.29, 0.717) is 18.9 Å². The van der Waals surface area contributed by atoms with Crippen molar-refractivity contribution in [3.63, 3.8) is 0 Å². The number of hydrogen-bond acceptors (Lipinski definition) is 4. The highest BCUT2D eigenvalue weighted by molar-refractivity contribution is 7.11. The molecule has 0 radical (unpaired) electrons. The zero-order chi connectivity index (χ0) is 40.1. The van der Waals surface area contributed by atoms with E-state index in [1.807, 2.05) is 0 Å². The first kappa shape index (κ1) is 38.0. The summed E-state index contributed by atoms with van der Waals surface area (Å²) in [6.07, 6.45) is 8.69. The number of nitrogens with zero attached hydrogens (tertiary/aromatic N) is 2. The second-order valence-corrected chi connectivity index (χ2v) is 22.6. The Labute approximate surface area is 352 Å². The number of rotatable bonds is 6. The number of benzene rings is 6. The zero-order valence-electron chi connectivity index (χ0n) is 35.3. The molecule has 6 aromatic rings. The molecule has 59 heavy (non-hydrogen) atoms. The van der Waals surface area contributed by atoms with Crippen LogP contribution in [0.3, 0.4) is 0 Å². The summed E-state index contributed by atoms with van der Waals surface area (Å²) in [5, 5.41) is 4.16. The van der Waals surface area contributed by atoms with Crippen LogP contribution in [-0.2, 0) is 18.5 Å². The molecule has 12 rings (SSSR count). The summed E-state index contributed by atoms with van der Waals surface area (Å²) >= 11 is 0. The second kappa shape index (κ2) is 15.4. The van der Waals surface area contributed by atoms with E-state index in [9.17, 15) is 0 Å². The third kappa shape index (κ3) is 6.95. The molecule has 0 saturated heterocycles. The van der Waals surface area contributed by atoms with Gasteiger partial charge in [-0.05, 0) is 121 Å². The summed E-state index contributed by atoms with van der Waals surface area (Å²) < 4.78 is 13.1. The minimum atomic E-state index is -2.20. The van der Waals surface area contributed by atoms with Gasteiger partial charge < -0.3 is 19.3 Å². The standard InChI is InChI=1S/C27H25NOSi.C27H33NO/c1-30(24-15-7-3-8-16-24,25-17-9-4-10-18-25)26-19-11-12-22-20-28(21-29-27(22)26)23-13-5-2-6-14-23;1-17-7-23-15-28(25-18(2)5-4-6-19(25)3)16-29-26(23)24(8-17)27-12-20-9-21(13-27)11-22(10-20)14-27/h2-19H,20-21H2,1H3;4-8,20-22H,9-16H2,1-3H3. The topological polar surface area (TPSA) is 24.9 Å². The van der Waals surface area contributed by atoms with Gasteiger partial charge in [0.05, 0.1) is 0 Å². The molecule has 4 fully saturated rings. The summed E-state index contributed by atoms with van der Waals surface area (Å²) in [6.45, 7) is 12.2. The van der Waals surface area contributed by atoms with Gasteiger partial charge in [-0.1, -0.05) is 140 Å². The number of fused-ring (bicyclic) bond motifs is 2. The monoisotopic (exact) mass is 794 g/mol. The second-order valence-electron chi connectivity index (χ2n) is 18.7. The van der Waals surface area contributed by atoms with Crippen LogP contribution in [0.25, 0.3) is 0 Å². The van der Waals surface area contributed by atoms with Gasteiger partial charge in [0, 0.05) is 41.2 Å². The van der Waals surface area contributed by atoms with Gasteiger partial charge in [-0.15, -0.1) is 0 Å². The third-order valence-corrected chi connectivity index (χ3v) is 19.0. The number of anilines is 2. The molecule has 5 heteroatoms. The Morgan fingerprint density at radius 1 is 0.542 bits per heavy atom. The van der Waals surface area contributed by atoms with Crippen molar-refractivity contribution in [2.45, 2.75) is 84.3 Å². The fourth-order valence-corrected chi connectivity index (χ4v) is 16.1. The highest BCUT2D eigenvalue weighted by atomic mass is 28.3. The molecule has 4 saturated carbocycles. The molecular weight excluding hydrogens is 737 g/mol. The molecule has 4 nitrogen and oxygen atoms in total. The predicted octanol–water partition coefficient (Wildman–Crippen LogP) is 10.6. The summed E-state index contributed by atoms with van der Waals surface area (Å²) in [5.74, 6) is 5.21. The number of ether oxygens (including phenoxy) is 2. The van der Waals surface area contributed by atoms with Crippen molar-refractivity contribution in [3.05, 3.63) is 173 Å². The Morgan fingerprint density at radius 3 is 1.68 bits per heavy atom. The Balaban J connectivity index is 0.000000143. The predicted molar refractivity (Wildman–Crippen MR) is 247 cm³/mol. The van der Waals surface area contributed by atoms with Crippen molar-refractivity contribution in [2.24, 2.45) is 17.8 Å². The van der Waals surface area contributed by atoms with E-state index in [1.54, 1.807) is 5.56 Å². The highest BCUT2D eigenvalue weighted by Crippen LogP contribution is 2.62. The first-order valence-corrected chi connectivity index (χ1v) is 24.5. The summed E-state index contributed by atoms with van der Waals surface area (Å²) in [4.78, 5) is 4.71. The van der Waals surface area contributed by atoms with Gasteiger partial charge in [-0.2, -0.15) is 0 Å². The molecular formula is C54H58N2O2Si. The fraction of sp³-hybridized carbons (Fsp3) is 0.333. The Kier molecular flexibility index (Phi) is 9.91. The Bertz CT molecular complexity index is 2350. The van der Waals surface area contributed by atoms with Gasteiger partial charge >= 0.3 is 0 Å². The van der Waals surface area contributed by atoms with Crippen molar-refractivity contribution < 1.29 is 9.47 Å². The van der Waals surface area contributed by atoms with Crippen LogP contribution in [-0.4, -0.2) is 21.5 Å². The van der Waals surface area contributed by atoms with Crippen LogP contribution in [0.5, 0.6) is 11.5 Å². The molecule has 300 valence electrons. The molecule has 0 aromatic heterocycles. The summed E-state index contributed by atoms with van der Waals surface area (Å²) in [7, 11) is -2.20. The van der Waals surface area contributed by atoms with E-state index in [2.05, 4.69) is 177 Å². The van der Waals surface area contributed by atoms with Crippen LogP contribution in [0.15, 0.2) is 140 Å². The number of para-hydroxylation sites is 3. The first-order chi connectivity index (χ1) is 28.8. The average molecular weight is 795 g/mol. The van der Waals surface area contributed by atoms with E-state index in [0.717, 1.165) is 36.6 Å². The van der Waals surface area contributed by atoms with E-state index in [-0.39, 0.29) is 0 Å². The lowest BCUT2D eigenvalue weighted by Gasteiger charge is -2.57. The molecule has 0 spiro atoms. The van der Waals surface area contributed by atoms with Gasteiger partial charge in [-0.25, -0.2) is 0 Å². The van der Waals surface area contributed by atoms with Crippen molar-refractivity contribution in [1.29, 1.82) is 0 Å². The zero-order valence-corrected chi connectivity index (χ0v) is 36.3. The van der Waals surface area contributed by atoms with Crippen LogP contribution < -0.4 is 34.8 Å². The minimum Gasteiger partial charge on any atom is -0.473 e. The van der Waals surface area contributed by atoms with E-state index >= 15 is 0 Å². The van der Waals surface area contributed by atoms with E-state index < -0.39 is 8.07 Å². The molecule has 0 unspecified atom stereocenters. The van der Waals surface area contributed by atoms with Crippen LogP contribution in [0, 0.1) is 38.5 Å². The maximum atomic E-state index is 6.60. The van der Waals surface area contributed by atoms with Crippen LogP contribution in [0.2, 0.25) is 6.55 Å². The molecule has 0 atom stereocenters. The lowest BCUT2D eigenvalue weighted by Crippen LogP contribution is -2.65. The highest BCUT2D eigenvalue weighted by Gasteiger charge is 2.53. The van der Waals surface area contributed by atoms with Gasteiger partial charge in [0.25, 0.3) is 0 Å². The Hall–Kier alpha value is -5.26. The largest absolute Gasteiger partial charge is 0.473 e. The van der Waals surface area contributed by atoms with Crippen LogP contribution in [0.1, 0.15) is 71.9 Å². The molecule has 0 N–H and O–H groups in total. The number of aryl methyl sites for hydroxylation is 3. The maximum Gasteiger partial charge on any atom is 0.161 e. The average Bonchev–Trinajstić information content (AvgIpc) is 3.26. The lowest BCUT2D eigenvalue weighted by atomic mass is 9.48. The van der Waals surface area contributed by atoms with E-state index in [4.69, 9.17) is 9.47 Å². The van der Waals surface area contributed by atoms with E-state index in [1.165, 1.54) is 99.0 Å². The van der Waals surface area contributed by atoms with Crippen LogP contribution >= 0.6 is 0 Å². The Morgan fingerprint density at radius 2 is 1.07 bits per heavy atom. The lowest BCUT2D eigenvalue weighted by molar-refractivity contribution is -0.00661. The molecule has 6 aliphatic rings. The molecule has 6 aromatic carbocycles. The molecule has 4 aliphatic carbocycles. The molecule has 2 aliphatic heterocycles. The molecule has 2 heterocycles. The summed E-state index contributed by atoms with van der Waals surface area (Å²) in [6, 6.07) is 50.5. The van der Waals surface area contributed by atoms with Gasteiger partial charge in [0.2, 0.25) is 0 Å². The minimum absolute atomic E-state index is 0.394. The smallest absolute Gasteiger partial charge is 0.161 e. The van der Waals surface area contributed by atoms with Crippen molar-refractivity contribution in [2.75, 3.05) is 23.3 Å². The van der Waals surface area contributed by atoms with Crippen molar-refractivity contribution >= 4 is 35.0 Å². The van der Waals surface area contributed by atoms with Gasteiger partial charge in [-0.3, -0.25) is 0 Å². The SMILES string of the molecule is C[Si](c1ccccc1)(c1ccccc1)c1cccc2c1OCN(c1ccccc1)C2.Cc1cc2c(c(C34CC5CC(CC(C5)C3)C4)c1)OCN(c1c(C)cccc1C)C2. The van der Waals surface area contributed by atoms with Crippen molar-refractivity contribution in [3.8, 4) is 11.5 Å². The first-order valence-electron chi connectivity index (χ1n) is 22.0. The maximum absolute atomic E-state index is 6.60. The summed E-state index contributed by atoms with van der Waals surface area (Å²) in [5.41, 5.74) is 11.2. The van der Waals surface area contributed by atoms with Crippen molar-refractivity contribution in [1.82, 2.24) is 0 Å². The third-order valence-electron chi connectivity index (χ3n) is 14.6. The molecule has 0 amide bonds. The quantitative estimate of drug-likeness (QED) is 0.124. The molecule has 4 bridgehead atoms. The fourth-order valence-electron chi connectivity index (χ4n) is 12.3. The van der Waals surface area contributed by atoms with Gasteiger partial charge in [0.1, 0.15) is 19.6 Å². The van der Waals surface area contributed by atoms with Crippen LogP contribution in [0.4, 0.5) is 11.4 Å². The number of hydrogen-bond donors (Lipinski definition) is 0. The van der Waals surface area contributed by atoms with Gasteiger partial charge in [0.15, 0.2) is 13.5 Å².